The molecule has 138 valence electrons. The van der Waals surface area contributed by atoms with Crippen LogP contribution in [0, 0.1) is 27.7 Å². The molecular weight excluding hydrogens is 336 g/mol. The molecule has 3 rings (SSSR count). The van der Waals surface area contributed by atoms with E-state index in [0.717, 1.165) is 22.4 Å². The number of rotatable bonds is 5. The summed E-state index contributed by atoms with van der Waals surface area (Å²) in [5.41, 5.74) is 7.15. The highest BCUT2D eigenvalue weighted by molar-refractivity contribution is 5.93. The smallest absolute Gasteiger partial charge is 0.254 e. The van der Waals surface area contributed by atoms with Crippen molar-refractivity contribution in [3.05, 3.63) is 82.2 Å². The molecule has 0 aliphatic heterocycles. The average molecular weight is 360 g/mol. The van der Waals surface area contributed by atoms with Gasteiger partial charge < -0.3 is 10.6 Å². The first kappa shape index (κ1) is 18.6. The van der Waals surface area contributed by atoms with Gasteiger partial charge in [0, 0.05) is 24.6 Å². The molecule has 0 saturated heterocycles. The van der Waals surface area contributed by atoms with E-state index >= 15 is 0 Å². The summed E-state index contributed by atoms with van der Waals surface area (Å²) in [6.45, 7) is 8.68. The van der Waals surface area contributed by atoms with E-state index in [9.17, 15) is 4.79 Å². The van der Waals surface area contributed by atoms with E-state index in [-0.39, 0.29) is 5.91 Å². The van der Waals surface area contributed by atoms with Crippen LogP contribution in [0.2, 0.25) is 0 Å². The maximum absolute atomic E-state index is 12.3. The van der Waals surface area contributed by atoms with Crippen LogP contribution in [0.25, 0.3) is 0 Å². The number of benzene rings is 2. The number of anilines is 2. The molecule has 0 aliphatic rings. The molecule has 0 unspecified atom stereocenters. The first-order chi connectivity index (χ1) is 12.9. The molecule has 0 radical (unpaired) electrons. The van der Waals surface area contributed by atoms with Crippen molar-refractivity contribution in [2.75, 3.05) is 5.32 Å². The molecule has 27 heavy (non-hydrogen) atoms. The van der Waals surface area contributed by atoms with Gasteiger partial charge in [0.15, 0.2) is 0 Å². The van der Waals surface area contributed by atoms with Gasteiger partial charge in [-0.15, -0.1) is 0 Å². The second-order valence-corrected chi connectivity index (χ2v) is 6.87. The number of aryl methyl sites for hydroxylation is 4. The maximum Gasteiger partial charge on any atom is 0.254 e. The second-order valence-electron chi connectivity index (χ2n) is 6.87. The normalized spacial score (nSPS) is 10.5. The number of hydrogen-bond acceptors (Lipinski definition) is 4. The van der Waals surface area contributed by atoms with E-state index in [1.54, 1.807) is 12.4 Å². The quantitative estimate of drug-likeness (QED) is 0.708. The van der Waals surface area contributed by atoms with E-state index in [2.05, 4.69) is 59.6 Å². The first-order valence-corrected chi connectivity index (χ1v) is 8.93. The van der Waals surface area contributed by atoms with Crippen LogP contribution in [-0.4, -0.2) is 15.9 Å². The fraction of sp³-hybridized carbons (Fsp3) is 0.227. The Kier molecular flexibility index (Phi) is 5.50. The lowest BCUT2D eigenvalue weighted by Crippen LogP contribution is -2.23. The van der Waals surface area contributed by atoms with Crippen molar-refractivity contribution in [1.29, 1.82) is 0 Å². The van der Waals surface area contributed by atoms with Gasteiger partial charge in [0.25, 0.3) is 5.91 Å². The molecule has 3 aromatic rings. The van der Waals surface area contributed by atoms with Gasteiger partial charge in [-0.05, 0) is 44.4 Å². The Morgan fingerprint density at radius 2 is 1.59 bits per heavy atom. The molecule has 5 heteroatoms. The Balaban J connectivity index is 1.65. The Bertz CT molecular complexity index is 941. The van der Waals surface area contributed by atoms with Crippen molar-refractivity contribution in [1.82, 2.24) is 15.3 Å². The number of hydrogen-bond donors (Lipinski definition) is 2. The predicted octanol–water partition coefficient (Wildman–Crippen LogP) is 4.38. The summed E-state index contributed by atoms with van der Waals surface area (Å²) in [6.07, 6.45) is 3.08. The van der Waals surface area contributed by atoms with Crippen molar-refractivity contribution in [3.8, 4) is 0 Å². The summed E-state index contributed by atoms with van der Waals surface area (Å²) in [4.78, 5) is 20.9. The molecule has 0 atom stereocenters. The van der Waals surface area contributed by atoms with Gasteiger partial charge in [-0.3, -0.25) is 4.79 Å². The summed E-state index contributed by atoms with van der Waals surface area (Å²) < 4.78 is 0. The first-order valence-electron chi connectivity index (χ1n) is 8.93. The fourth-order valence-electron chi connectivity index (χ4n) is 3.11. The van der Waals surface area contributed by atoms with E-state index in [1.165, 1.54) is 11.1 Å². The lowest BCUT2D eigenvalue weighted by atomic mass is 10.1. The summed E-state index contributed by atoms with van der Waals surface area (Å²) in [5, 5.41) is 6.14. The Morgan fingerprint density at radius 3 is 2.22 bits per heavy atom. The molecule has 0 fully saturated rings. The van der Waals surface area contributed by atoms with Crippen molar-refractivity contribution < 1.29 is 4.79 Å². The molecular formula is C22H24N4O. The topological polar surface area (TPSA) is 66.9 Å². The number of aromatic nitrogens is 2. The monoisotopic (exact) mass is 360 g/mol. The van der Waals surface area contributed by atoms with Crippen LogP contribution in [-0.2, 0) is 6.54 Å². The fourth-order valence-corrected chi connectivity index (χ4v) is 3.11. The van der Waals surface area contributed by atoms with Gasteiger partial charge in [0.1, 0.15) is 0 Å². The zero-order chi connectivity index (χ0) is 19.4. The molecule has 1 amide bonds. The highest BCUT2D eigenvalue weighted by atomic mass is 16.1. The van der Waals surface area contributed by atoms with Gasteiger partial charge in [-0.2, -0.15) is 0 Å². The molecule has 0 aliphatic carbocycles. The molecule has 1 aromatic heterocycles. The summed E-state index contributed by atoms with van der Waals surface area (Å²) in [7, 11) is 0. The van der Waals surface area contributed by atoms with E-state index in [4.69, 9.17) is 0 Å². The van der Waals surface area contributed by atoms with Crippen LogP contribution in [0.1, 0.15) is 38.2 Å². The third-order valence-electron chi connectivity index (χ3n) is 4.36. The molecule has 0 saturated carbocycles. The standard InChI is InChI=1S/C22H24N4O/c1-14-6-5-7-18(10-14)11-23-21(27)19-12-24-22(25-13-19)26-20-16(3)8-15(2)9-17(20)4/h5-10,12-13H,11H2,1-4H3,(H,23,27)(H,24,25,26). The lowest BCUT2D eigenvalue weighted by Gasteiger charge is -2.12. The average Bonchev–Trinajstić information content (AvgIpc) is 2.63. The zero-order valence-electron chi connectivity index (χ0n) is 16.1. The number of nitrogens with zero attached hydrogens (tertiary/aromatic N) is 2. The minimum absolute atomic E-state index is 0.189. The molecule has 5 nitrogen and oxygen atoms in total. The van der Waals surface area contributed by atoms with E-state index in [1.807, 2.05) is 25.1 Å². The number of carbonyl (C=O) groups excluding carboxylic acids is 1. The third-order valence-corrected chi connectivity index (χ3v) is 4.36. The van der Waals surface area contributed by atoms with Gasteiger partial charge in [-0.1, -0.05) is 47.5 Å². The zero-order valence-corrected chi connectivity index (χ0v) is 16.1. The summed E-state index contributed by atoms with van der Waals surface area (Å²) in [5.74, 6) is 0.283. The Hall–Kier alpha value is -3.21. The van der Waals surface area contributed by atoms with Gasteiger partial charge in [-0.25, -0.2) is 9.97 Å². The third kappa shape index (κ3) is 4.70. The Labute approximate surface area is 159 Å². The van der Waals surface area contributed by atoms with Gasteiger partial charge in [0.05, 0.1) is 5.56 Å². The number of nitrogens with one attached hydrogen (secondary N) is 2. The highest BCUT2D eigenvalue weighted by Crippen LogP contribution is 2.24. The van der Waals surface area contributed by atoms with Crippen LogP contribution in [0.3, 0.4) is 0 Å². The van der Waals surface area contributed by atoms with Crippen LogP contribution in [0.5, 0.6) is 0 Å². The Morgan fingerprint density at radius 1 is 0.926 bits per heavy atom. The van der Waals surface area contributed by atoms with Gasteiger partial charge in [0.2, 0.25) is 5.95 Å². The maximum atomic E-state index is 12.3. The minimum Gasteiger partial charge on any atom is -0.348 e. The number of carbonyl (C=O) groups is 1. The summed E-state index contributed by atoms with van der Waals surface area (Å²) in [6, 6.07) is 12.3. The predicted molar refractivity (Wildman–Crippen MR) is 108 cm³/mol. The van der Waals surface area contributed by atoms with Crippen molar-refractivity contribution in [3.63, 3.8) is 0 Å². The molecule has 2 aromatic carbocycles. The van der Waals surface area contributed by atoms with E-state index in [0.29, 0.717) is 18.1 Å². The SMILES string of the molecule is Cc1cccc(CNC(=O)c2cnc(Nc3c(C)cc(C)cc3C)nc2)c1. The molecule has 1 heterocycles. The van der Waals surface area contributed by atoms with Crippen molar-refractivity contribution in [2.24, 2.45) is 0 Å². The highest BCUT2D eigenvalue weighted by Gasteiger charge is 2.09. The van der Waals surface area contributed by atoms with Crippen molar-refractivity contribution in [2.45, 2.75) is 34.2 Å². The lowest BCUT2D eigenvalue weighted by molar-refractivity contribution is 0.0950. The van der Waals surface area contributed by atoms with Crippen LogP contribution < -0.4 is 10.6 Å². The van der Waals surface area contributed by atoms with Crippen LogP contribution in [0.4, 0.5) is 11.6 Å². The molecule has 2 N–H and O–H groups in total. The van der Waals surface area contributed by atoms with Crippen molar-refractivity contribution >= 4 is 17.5 Å². The van der Waals surface area contributed by atoms with Gasteiger partial charge >= 0.3 is 0 Å². The second kappa shape index (κ2) is 7.99. The van der Waals surface area contributed by atoms with Crippen LogP contribution in [0.15, 0.2) is 48.8 Å². The van der Waals surface area contributed by atoms with E-state index < -0.39 is 0 Å². The largest absolute Gasteiger partial charge is 0.348 e. The minimum atomic E-state index is -0.189. The van der Waals surface area contributed by atoms with Crippen LogP contribution >= 0.6 is 0 Å². The molecule has 0 bridgehead atoms. The number of amides is 1. The molecule has 0 spiro atoms. The summed E-state index contributed by atoms with van der Waals surface area (Å²) >= 11 is 0.